The van der Waals surface area contributed by atoms with E-state index in [1.54, 1.807) is 24.3 Å². The van der Waals surface area contributed by atoms with Crippen LogP contribution in [0.3, 0.4) is 0 Å². The molecule has 0 fully saturated rings. The number of azo groups is 2. The van der Waals surface area contributed by atoms with Crippen molar-refractivity contribution in [3.8, 4) is 11.3 Å². The number of thiocarbonyl (C=S) groups is 1. The number of hydrogen-bond donors (Lipinski definition) is 2. The van der Waals surface area contributed by atoms with Crippen molar-refractivity contribution in [3.63, 3.8) is 0 Å². The fourth-order valence-corrected chi connectivity index (χ4v) is 2.91. The fourth-order valence-electron chi connectivity index (χ4n) is 2.79. The molecule has 3 N–H and O–H groups in total. The molecule has 1 heterocycles. The first-order valence-corrected chi connectivity index (χ1v) is 9.71. The number of rotatable bonds is 5. The van der Waals surface area contributed by atoms with Gasteiger partial charge in [0.05, 0.1) is 22.8 Å². The molecule has 9 heteroatoms. The molecular weight excluding hydrogens is 410 g/mol. The molecule has 0 bridgehead atoms. The van der Waals surface area contributed by atoms with Crippen LogP contribution in [-0.2, 0) is 0 Å². The van der Waals surface area contributed by atoms with E-state index in [1.165, 1.54) is 0 Å². The molecule has 8 nitrogen and oxygen atoms in total. The smallest absolute Gasteiger partial charge is 0.301 e. The van der Waals surface area contributed by atoms with Crippen LogP contribution in [0.5, 0.6) is 0 Å². The lowest BCUT2D eigenvalue weighted by molar-refractivity contribution is 0.910. The number of hydrogen-bond acceptors (Lipinski definition) is 6. The van der Waals surface area contributed by atoms with Gasteiger partial charge in [0.15, 0.2) is 10.8 Å². The average Bonchev–Trinajstić information content (AvgIpc) is 3.14. The van der Waals surface area contributed by atoms with Crippen LogP contribution in [0.15, 0.2) is 110 Å². The van der Waals surface area contributed by atoms with E-state index in [0.717, 1.165) is 15.9 Å². The van der Waals surface area contributed by atoms with Gasteiger partial charge < -0.3 is 5.73 Å². The van der Waals surface area contributed by atoms with E-state index in [1.807, 2.05) is 60.7 Å². The second-order valence-corrected chi connectivity index (χ2v) is 6.85. The molecule has 152 valence electrons. The summed E-state index contributed by atoms with van der Waals surface area (Å²) in [7, 11) is 0. The highest BCUT2D eigenvalue weighted by atomic mass is 32.1. The van der Waals surface area contributed by atoms with Crippen LogP contribution in [0.25, 0.3) is 11.3 Å². The third kappa shape index (κ3) is 4.68. The van der Waals surface area contributed by atoms with Crippen molar-refractivity contribution < 1.29 is 0 Å². The quantitative estimate of drug-likeness (QED) is 0.311. The highest BCUT2D eigenvalue weighted by Gasteiger charge is 2.16. The highest BCUT2D eigenvalue weighted by Crippen LogP contribution is 2.28. The summed E-state index contributed by atoms with van der Waals surface area (Å²) in [5.41, 5.74) is 8.53. The van der Waals surface area contributed by atoms with Gasteiger partial charge in [-0.15, -0.1) is 5.11 Å². The molecule has 0 radical (unpaired) electrons. The van der Waals surface area contributed by atoms with Gasteiger partial charge in [-0.05, 0) is 48.6 Å². The van der Waals surface area contributed by atoms with Gasteiger partial charge in [-0.2, -0.15) is 20.0 Å². The van der Waals surface area contributed by atoms with Crippen LogP contribution < -0.4 is 11.3 Å². The van der Waals surface area contributed by atoms with Gasteiger partial charge in [0.25, 0.3) is 0 Å². The molecule has 3 aromatic carbocycles. The summed E-state index contributed by atoms with van der Waals surface area (Å²) in [5.74, 6) is 0. The number of nitrogens with zero attached hydrogens (tertiary/aromatic N) is 5. The van der Waals surface area contributed by atoms with Crippen LogP contribution in [0.2, 0.25) is 0 Å². The Hall–Kier alpha value is -4.24. The Morgan fingerprint density at radius 3 is 1.77 bits per heavy atom. The lowest BCUT2D eigenvalue weighted by Crippen LogP contribution is -2.29. The molecule has 31 heavy (non-hydrogen) atoms. The molecule has 4 rings (SSSR count). The normalized spacial score (nSPS) is 11.4. The fraction of sp³-hybridized carbons (Fsp3) is 0. The Morgan fingerprint density at radius 1 is 0.742 bits per heavy atom. The molecule has 0 spiro atoms. The highest BCUT2D eigenvalue weighted by molar-refractivity contribution is 7.80. The average molecular weight is 427 g/mol. The SMILES string of the molecule is NC(=S)n1[nH]c(-c2ccccc2)c(N=Nc2ccc(N=Nc3ccccc3)cc2)c1=O. The van der Waals surface area contributed by atoms with Gasteiger partial charge in [-0.1, -0.05) is 48.5 Å². The van der Waals surface area contributed by atoms with Gasteiger partial charge in [0.1, 0.15) is 0 Å². The zero-order valence-corrected chi connectivity index (χ0v) is 17.0. The van der Waals surface area contributed by atoms with Crippen LogP contribution in [-0.4, -0.2) is 14.9 Å². The number of H-pyrrole nitrogens is 1. The largest absolute Gasteiger partial charge is 0.374 e. The molecule has 0 aliphatic carbocycles. The summed E-state index contributed by atoms with van der Waals surface area (Å²) in [4.78, 5) is 12.7. The molecule has 0 amide bonds. The Morgan fingerprint density at radius 2 is 1.23 bits per heavy atom. The van der Waals surface area contributed by atoms with Crippen molar-refractivity contribution in [2.24, 2.45) is 26.2 Å². The predicted octanol–water partition coefficient (Wildman–Crippen LogP) is 5.77. The van der Waals surface area contributed by atoms with Crippen LogP contribution in [0.1, 0.15) is 0 Å². The van der Waals surface area contributed by atoms with Crippen molar-refractivity contribution in [1.82, 2.24) is 9.78 Å². The molecule has 0 saturated carbocycles. The first kappa shape index (κ1) is 20.0. The van der Waals surface area contributed by atoms with Gasteiger partial charge >= 0.3 is 5.56 Å². The maximum absolute atomic E-state index is 12.7. The van der Waals surface area contributed by atoms with E-state index in [0.29, 0.717) is 17.1 Å². The summed E-state index contributed by atoms with van der Waals surface area (Å²) in [5, 5.41) is 19.5. The minimum atomic E-state index is -0.469. The number of benzene rings is 3. The second-order valence-electron chi connectivity index (χ2n) is 6.43. The van der Waals surface area contributed by atoms with E-state index < -0.39 is 5.56 Å². The maximum Gasteiger partial charge on any atom is 0.301 e. The van der Waals surface area contributed by atoms with Gasteiger partial charge in [-0.25, -0.2) is 0 Å². The van der Waals surface area contributed by atoms with E-state index in [2.05, 4.69) is 25.6 Å². The first-order chi connectivity index (χ1) is 15.1. The van der Waals surface area contributed by atoms with Crippen molar-refractivity contribution in [2.45, 2.75) is 0 Å². The van der Waals surface area contributed by atoms with E-state index in [-0.39, 0.29) is 10.8 Å². The summed E-state index contributed by atoms with van der Waals surface area (Å²) < 4.78 is 1.07. The maximum atomic E-state index is 12.7. The minimum Gasteiger partial charge on any atom is -0.374 e. The van der Waals surface area contributed by atoms with E-state index >= 15 is 0 Å². The number of nitrogens with one attached hydrogen (secondary N) is 1. The number of aromatic amines is 1. The van der Waals surface area contributed by atoms with E-state index in [9.17, 15) is 4.79 Å². The Bertz CT molecular complexity index is 1310. The standard InChI is InChI=1S/C22H17N7OS/c23-22(31)29-21(30)20(19(28-29)15-7-3-1-4-8-15)27-26-18-13-11-17(12-14-18)25-24-16-9-5-2-6-10-16/h1-14,28H,(H2,23,31). The molecule has 0 unspecified atom stereocenters. The third-order valence-electron chi connectivity index (χ3n) is 4.30. The Kier molecular flexibility index (Phi) is 5.86. The zero-order valence-electron chi connectivity index (χ0n) is 16.2. The summed E-state index contributed by atoms with van der Waals surface area (Å²) in [6.45, 7) is 0. The first-order valence-electron chi connectivity index (χ1n) is 9.30. The molecule has 1 aromatic heterocycles. The topological polar surface area (TPSA) is 113 Å². The van der Waals surface area contributed by atoms with Crippen molar-refractivity contribution >= 4 is 40.1 Å². The molecule has 0 atom stereocenters. The Labute approximate surface area is 182 Å². The van der Waals surface area contributed by atoms with E-state index in [4.69, 9.17) is 18.0 Å². The lowest BCUT2D eigenvalue weighted by atomic mass is 10.1. The van der Waals surface area contributed by atoms with Crippen molar-refractivity contribution in [2.75, 3.05) is 0 Å². The molecule has 0 aliphatic rings. The van der Waals surface area contributed by atoms with Crippen LogP contribution >= 0.6 is 12.2 Å². The summed E-state index contributed by atoms with van der Waals surface area (Å²) >= 11 is 4.94. The molecular formula is C22H17N7OS. The second kappa shape index (κ2) is 9.06. The molecule has 4 aromatic rings. The molecule has 0 saturated heterocycles. The number of aromatic nitrogens is 2. The summed E-state index contributed by atoms with van der Waals surface area (Å²) in [6, 6.07) is 25.8. The third-order valence-corrected chi connectivity index (χ3v) is 4.48. The van der Waals surface area contributed by atoms with Crippen LogP contribution in [0, 0.1) is 0 Å². The van der Waals surface area contributed by atoms with Gasteiger partial charge in [0, 0.05) is 5.56 Å². The predicted molar refractivity (Wildman–Crippen MR) is 124 cm³/mol. The summed E-state index contributed by atoms with van der Waals surface area (Å²) in [6.07, 6.45) is 0. The molecule has 0 aliphatic heterocycles. The minimum absolute atomic E-state index is 0.100. The van der Waals surface area contributed by atoms with Crippen molar-refractivity contribution in [1.29, 1.82) is 0 Å². The van der Waals surface area contributed by atoms with Crippen LogP contribution in [0.4, 0.5) is 22.7 Å². The monoisotopic (exact) mass is 427 g/mol. The zero-order chi connectivity index (χ0) is 21.6. The number of nitrogens with two attached hydrogens (primary N) is 1. The van der Waals surface area contributed by atoms with Crippen molar-refractivity contribution in [3.05, 3.63) is 95.3 Å². The Balaban J connectivity index is 1.60. The van der Waals surface area contributed by atoms with Gasteiger partial charge in [0.2, 0.25) is 0 Å². The lowest BCUT2D eigenvalue weighted by Gasteiger charge is -1.99. The van der Waals surface area contributed by atoms with Gasteiger partial charge in [-0.3, -0.25) is 9.89 Å².